The van der Waals surface area contributed by atoms with Crippen molar-refractivity contribution in [3.8, 4) is 0 Å². The van der Waals surface area contributed by atoms with Crippen molar-refractivity contribution >= 4 is 20.6 Å². The molecule has 1 aromatic rings. The number of nitrogens with zero attached hydrogens (tertiary/aromatic N) is 2. The van der Waals surface area contributed by atoms with Crippen molar-refractivity contribution in [1.29, 1.82) is 0 Å². The van der Waals surface area contributed by atoms with E-state index in [9.17, 15) is 21.4 Å². The molecule has 0 saturated heterocycles. The minimum atomic E-state index is -4.77. The highest BCUT2D eigenvalue weighted by molar-refractivity contribution is 7.84. The maximum Gasteiger partial charge on any atom is 0.439 e. The molecule has 0 aliphatic carbocycles. The Kier molecular flexibility index (Phi) is 2.15. The first-order valence-electron chi connectivity index (χ1n) is 2.75. The molecule has 0 unspecified atom stereocenters. The molecule has 74 valence electrons. The van der Waals surface area contributed by atoms with Gasteiger partial charge in [0.1, 0.15) is 6.20 Å². The van der Waals surface area contributed by atoms with E-state index in [-0.39, 0.29) is 7.94 Å². The van der Waals surface area contributed by atoms with Crippen molar-refractivity contribution in [2.75, 3.05) is 0 Å². The SMILES string of the molecule is O=S(=O)([O-])n1cc[n+](S(=O)(=O)O)c1. The van der Waals surface area contributed by atoms with Crippen LogP contribution in [0.1, 0.15) is 0 Å². The van der Waals surface area contributed by atoms with Gasteiger partial charge >= 0.3 is 10.3 Å². The summed E-state index contributed by atoms with van der Waals surface area (Å²) >= 11 is 0. The predicted octanol–water partition coefficient (Wildman–Crippen LogP) is -2.27. The van der Waals surface area contributed by atoms with Crippen LogP contribution >= 0.6 is 0 Å². The van der Waals surface area contributed by atoms with Gasteiger partial charge in [0.05, 0.1) is 0 Å². The second-order valence-electron chi connectivity index (χ2n) is 2.01. The summed E-state index contributed by atoms with van der Waals surface area (Å²) in [5.74, 6) is 0. The van der Waals surface area contributed by atoms with Gasteiger partial charge < -0.3 is 4.55 Å². The fraction of sp³-hybridized carbons (Fsp3) is 0. The van der Waals surface area contributed by atoms with Crippen LogP contribution in [-0.4, -0.2) is 29.9 Å². The Morgan fingerprint density at radius 3 is 2.08 bits per heavy atom. The maximum atomic E-state index is 10.4. The summed E-state index contributed by atoms with van der Waals surface area (Å²) < 4.78 is 60.3. The van der Waals surface area contributed by atoms with Gasteiger partial charge in [-0.15, -0.1) is 7.94 Å². The minimum Gasteiger partial charge on any atom is -0.713 e. The third-order valence-electron chi connectivity index (χ3n) is 1.11. The lowest BCUT2D eigenvalue weighted by Crippen LogP contribution is -2.40. The molecule has 1 heterocycles. The van der Waals surface area contributed by atoms with Crippen molar-refractivity contribution in [2.24, 2.45) is 0 Å². The number of hydrogen-bond donors (Lipinski definition) is 1. The average molecular weight is 228 g/mol. The van der Waals surface area contributed by atoms with Gasteiger partial charge in [0, 0.05) is 0 Å². The summed E-state index contributed by atoms with van der Waals surface area (Å²) in [7, 11) is -9.32. The van der Waals surface area contributed by atoms with Gasteiger partial charge in [-0.1, -0.05) is 0 Å². The fourth-order valence-corrected chi connectivity index (χ4v) is 1.50. The largest absolute Gasteiger partial charge is 0.713 e. The summed E-state index contributed by atoms with van der Waals surface area (Å²) in [4.78, 5) is 0. The van der Waals surface area contributed by atoms with Crippen molar-refractivity contribution in [3.05, 3.63) is 18.7 Å². The molecule has 0 aliphatic rings. The molecule has 10 heteroatoms. The first-order valence-corrected chi connectivity index (χ1v) is 5.51. The predicted molar refractivity (Wildman–Crippen MR) is 36.7 cm³/mol. The standard InChI is InChI=1S/C3H4N2O6S2/c6-12(7,8)4-1-2-5(3-4)13(9,10)11/h1-3H,(H-,6,7,8,9,10,11). The van der Waals surface area contributed by atoms with Gasteiger partial charge in [-0.05, 0) is 0 Å². The highest BCUT2D eigenvalue weighted by atomic mass is 32.2. The summed E-state index contributed by atoms with van der Waals surface area (Å²) in [5.41, 5.74) is 0. The number of hydrogen-bond acceptors (Lipinski definition) is 5. The van der Waals surface area contributed by atoms with Crippen LogP contribution < -0.4 is 3.97 Å². The van der Waals surface area contributed by atoms with Gasteiger partial charge in [0.2, 0.25) is 0 Å². The first-order chi connectivity index (χ1) is 5.71. The monoisotopic (exact) mass is 228 g/mol. The molecule has 1 aromatic heterocycles. The Morgan fingerprint density at radius 2 is 1.85 bits per heavy atom. The Morgan fingerprint density at radius 1 is 1.31 bits per heavy atom. The zero-order valence-electron chi connectivity index (χ0n) is 5.93. The smallest absolute Gasteiger partial charge is 0.439 e. The van der Waals surface area contributed by atoms with Crippen molar-refractivity contribution in [2.45, 2.75) is 0 Å². The molecule has 0 saturated carbocycles. The Labute approximate surface area is 73.8 Å². The molecule has 0 aromatic carbocycles. The number of rotatable bonds is 2. The molecule has 0 fully saturated rings. The molecule has 0 amide bonds. The molecule has 0 bridgehead atoms. The van der Waals surface area contributed by atoms with Crippen molar-refractivity contribution in [3.63, 3.8) is 0 Å². The lowest BCUT2D eigenvalue weighted by molar-refractivity contribution is -0.517. The van der Waals surface area contributed by atoms with Crippen LogP contribution in [0.3, 0.4) is 0 Å². The summed E-state index contributed by atoms with van der Waals surface area (Å²) in [6.45, 7) is 0. The van der Waals surface area contributed by atoms with E-state index >= 15 is 0 Å². The quantitative estimate of drug-likeness (QED) is 0.450. The van der Waals surface area contributed by atoms with Crippen LogP contribution in [0.4, 0.5) is 0 Å². The van der Waals surface area contributed by atoms with E-state index in [2.05, 4.69) is 0 Å². The average Bonchev–Trinajstić information content (AvgIpc) is 2.28. The highest BCUT2D eigenvalue weighted by Gasteiger charge is 2.17. The zero-order valence-corrected chi connectivity index (χ0v) is 7.56. The number of aromatic nitrogens is 2. The van der Waals surface area contributed by atoms with Crippen LogP contribution in [0.5, 0.6) is 0 Å². The molecule has 0 aliphatic heterocycles. The molecular weight excluding hydrogens is 224 g/mol. The van der Waals surface area contributed by atoms with E-state index in [0.717, 1.165) is 0 Å². The zero-order chi connectivity index (χ0) is 10.3. The third kappa shape index (κ3) is 2.24. The summed E-state index contributed by atoms with van der Waals surface area (Å²) in [6.07, 6.45) is 1.83. The van der Waals surface area contributed by atoms with Gasteiger partial charge in [0.25, 0.3) is 16.6 Å². The van der Waals surface area contributed by atoms with E-state index < -0.39 is 20.6 Å². The molecular formula is C3H4N2O6S2. The van der Waals surface area contributed by atoms with E-state index in [4.69, 9.17) is 4.55 Å². The Hall–Kier alpha value is -0.970. The molecule has 0 atom stereocenters. The molecule has 0 spiro atoms. The van der Waals surface area contributed by atoms with Crippen LogP contribution in [0, 0.1) is 0 Å². The fourth-order valence-electron chi connectivity index (χ4n) is 0.589. The molecule has 1 N–H and O–H groups in total. The minimum absolute atomic E-state index is 0.112. The van der Waals surface area contributed by atoms with E-state index in [0.29, 0.717) is 18.7 Å². The second kappa shape index (κ2) is 2.77. The van der Waals surface area contributed by atoms with Crippen LogP contribution in [0.25, 0.3) is 0 Å². The van der Waals surface area contributed by atoms with E-state index in [1.54, 1.807) is 0 Å². The van der Waals surface area contributed by atoms with E-state index in [1.165, 1.54) is 0 Å². The molecule has 1 rings (SSSR count). The van der Waals surface area contributed by atoms with Crippen LogP contribution in [0.15, 0.2) is 18.7 Å². The summed E-state index contributed by atoms with van der Waals surface area (Å²) in [6, 6.07) is 0. The van der Waals surface area contributed by atoms with Gasteiger partial charge in [0.15, 0.2) is 6.20 Å². The number of imidazole rings is 1. The van der Waals surface area contributed by atoms with Gasteiger partial charge in [-0.25, -0.2) is 0 Å². The maximum absolute atomic E-state index is 10.4. The third-order valence-corrected chi connectivity index (χ3v) is 2.59. The highest BCUT2D eigenvalue weighted by Crippen LogP contribution is 1.90. The van der Waals surface area contributed by atoms with Crippen molar-refractivity contribution in [1.82, 2.24) is 3.97 Å². The Balaban J connectivity index is 3.32. The molecule has 13 heavy (non-hydrogen) atoms. The Bertz CT molecular complexity index is 463. The van der Waals surface area contributed by atoms with Gasteiger partial charge in [-0.3, -0.25) is 4.55 Å². The topological polar surface area (TPSA) is 120 Å². The molecule has 0 radical (unpaired) electrons. The van der Waals surface area contributed by atoms with Crippen molar-refractivity contribution < 1.29 is 29.9 Å². The molecule has 8 nitrogen and oxygen atoms in total. The lowest BCUT2D eigenvalue weighted by atomic mass is 11.0. The summed E-state index contributed by atoms with van der Waals surface area (Å²) in [5, 5.41) is 0. The van der Waals surface area contributed by atoms with E-state index in [1.807, 2.05) is 0 Å². The lowest BCUT2D eigenvalue weighted by Gasteiger charge is -1.98. The van der Waals surface area contributed by atoms with Crippen LogP contribution in [-0.2, 0) is 20.6 Å². The van der Waals surface area contributed by atoms with Gasteiger partial charge in [-0.2, -0.15) is 16.8 Å². The van der Waals surface area contributed by atoms with Crippen LogP contribution in [0.2, 0.25) is 0 Å². The first kappa shape index (κ1) is 10.1. The second-order valence-corrected chi connectivity index (χ2v) is 4.60. The normalized spacial score (nSPS) is 13.1.